The molecule has 2 heterocycles. The van der Waals surface area contributed by atoms with Crippen LogP contribution in [0.25, 0.3) is 10.9 Å². The summed E-state index contributed by atoms with van der Waals surface area (Å²) >= 11 is 0. The van der Waals surface area contributed by atoms with Gasteiger partial charge in [0.2, 0.25) is 0 Å². The zero-order valence-electron chi connectivity index (χ0n) is 20.2. The van der Waals surface area contributed by atoms with Crippen molar-refractivity contribution in [1.29, 1.82) is 0 Å². The van der Waals surface area contributed by atoms with Crippen molar-refractivity contribution in [3.8, 4) is 5.75 Å². The number of aromatic nitrogens is 1. The maximum absolute atomic E-state index is 13.4. The number of nitrogens with zero attached hydrogens (tertiary/aromatic N) is 3. The van der Waals surface area contributed by atoms with E-state index in [4.69, 9.17) is 9.72 Å². The number of benzene rings is 2. The number of carbonyl (C=O) groups is 1. The van der Waals surface area contributed by atoms with E-state index >= 15 is 0 Å². The number of amides is 1. The first-order valence-corrected chi connectivity index (χ1v) is 12.5. The van der Waals surface area contributed by atoms with Gasteiger partial charge in [0.15, 0.2) is 0 Å². The van der Waals surface area contributed by atoms with E-state index in [1.165, 1.54) is 24.9 Å². The van der Waals surface area contributed by atoms with Gasteiger partial charge >= 0.3 is 0 Å². The number of methoxy groups -OCH3 is 1. The molecule has 5 rings (SSSR count). The molecular weight excluding hydrogens is 424 g/mol. The van der Waals surface area contributed by atoms with Gasteiger partial charge in [0.25, 0.3) is 5.91 Å². The van der Waals surface area contributed by atoms with Gasteiger partial charge in [0.1, 0.15) is 11.6 Å². The van der Waals surface area contributed by atoms with Crippen molar-refractivity contribution in [2.24, 2.45) is 5.92 Å². The van der Waals surface area contributed by atoms with Gasteiger partial charge in [-0.2, -0.15) is 0 Å². The second-order valence-electron chi connectivity index (χ2n) is 9.56. The Kier molecular flexibility index (Phi) is 6.57. The molecule has 2 atom stereocenters. The topological polar surface area (TPSA) is 57.7 Å². The lowest BCUT2D eigenvalue weighted by atomic mass is 9.86. The summed E-state index contributed by atoms with van der Waals surface area (Å²) in [5, 5.41) is 4.26. The maximum atomic E-state index is 13.4. The molecule has 1 amide bonds. The summed E-state index contributed by atoms with van der Waals surface area (Å²) in [6.07, 6.45) is 4.70. The van der Waals surface area contributed by atoms with Gasteiger partial charge in [-0.1, -0.05) is 38.0 Å². The lowest BCUT2D eigenvalue weighted by Crippen LogP contribution is -2.47. The number of ether oxygens (including phenoxy) is 1. The minimum Gasteiger partial charge on any atom is -0.497 e. The number of fused-ring (bicyclic) bond motifs is 1. The molecule has 1 aliphatic heterocycles. The number of carbonyl (C=O) groups excluding carboxylic acids is 1. The molecule has 1 aliphatic carbocycles. The van der Waals surface area contributed by atoms with Crippen LogP contribution < -0.4 is 19.9 Å². The number of hydrogen-bond acceptors (Lipinski definition) is 5. The van der Waals surface area contributed by atoms with Gasteiger partial charge in [0.05, 0.1) is 18.2 Å². The molecule has 2 aliphatic rings. The molecule has 3 aromatic rings. The van der Waals surface area contributed by atoms with E-state index in [0.717, 1.165) is 60.6 Å². The highest BCUT2D eigenvalue weighted by atomic mass is 16.5. The van der Waals surface area contributed by atoms with Crippen LogP contribution in [0.2, 0.25) is 0 Å². The van der Waals surface area contributed by atoms with Crippen LogP contribution in [0.4, 0.5) is 11.5 Å². The van der Waals surface area contributed by atoms with E-state index < -0.39 is 0 Å². The first-order valence-electron chi connectivity index (χ1n) is 12.5. The van der Waals surface area contributed by atoms with Crippen LogP contribution in [0.15, 0.2) is 54.6 Å². The maximum Gasteiger partial charge on any atom is 0.252 e. The van der Waals surface area contributed by atoms with Crippen molar-refractivity contribution in [1.82, 2.24) is 10.3 Å². The Morgan fingerprint density at radius 3 is 2.41 bits per heavy atom. The highest BCUT2D eigenvalue weighted by molar-refractivity contribution is 6.07. The summed E-state index contributed by atoms with van der Waals surface area (Å²) in [5.41, 5.74) is 2.81. The fourth-order valence-corrected chi connectivity index (χ4v) is 5.27. The third-order valence-corrected chi connectivity index (χ3v) is 7.42. The van der Waals surface area contributed by atoms with Crippen molar-refractivity contribution >= 4 is 28.3 Å². The number of para-hydroxylation sites is 1. The average molecular weight is 459 g/mol. The normalized spacial score (nSPS) is 20.9. The van der Waals surface area contributed by atoms with Crippen LogP contribution in [0, 0.1) is 5.92 Å². The smallest absolute Gasteiger partial charge is 0.252 e. The lowest BCUT2D eigenvalue weighted by molar-refractivity contribution is 0.0912. The fourth-order valence-electron chi connectivity index (χ4n) is 5.27. The molecule has 1 saturated carbocycles. The Hall–Kier alpha value is -3.28. The molecule has 0 radical (unpaired) electrons. The Morgan fingerprint density at radius 1 is 0.971 bits per heavy atom. The summed E-state index contributed by atoms with van der Waals surface area (Å²) in [6.45, 7) is 5.78. The van der Waals surface area contributed by atoms with Gasteiger partial charge in [-0.15, -0.1) is 0 Å². The molecule has 2 aromatic carbocycles. The Bertz CT molecular complexity index is 1140. The molecule has 0 unspecified atom stereocenters. The van der Waals surface area contributed by atoms with E-state index in [2.05, 4.69) is 34.2 Å². The van der Waals surface area contributed by atoms with Crippen molar-refractivity contribution in [3.05, 3.63) is 60.2 Å². The van der Waals surface area contributed by atoms with Gasteiger partial charge in [-0.05, 0) is 55.2 Å². The van der Waals surface area contributed by atoms with E-state index in [-0.39, 0.29) is 11.9 Å². The minimum atomic E-state index is 0.0236. The van der Waals surface area contributed by atoms with Crippen molar-refractivity contribution in [2.75, 3.05) is 43.1 Å². The minimum absolute atomic E-state index is 0.0236. The predicted octanol–water partition coefficient (Wildman–Crippen LogP) is 4.88. The number of rotatable bonds is 5. The van der Waals surface area contributed by atoms with Crippen LogP contribution in [-0.2, 0) is 0 Å². The molecule has 1 saturated heterocycles. The Labute approximate surface area is 201 Å². The molecule has 2 fully saturated rings. The van der Waals surface area contributed by atoms with Crippen LogP contribution >= 0.6 is 0 Å². The largest absolute Gasteiger partial charge is 0.497 e. The van der Waals surface area contributed by atoms with Crippen LogP contribution in [0.3, 0.4) is 0 Å². The molecule has 1 N–H and O–H groups in total. The van der Waals surface area contributed by atoms with Gasteiger partial charge in [-0.3, -0.25) is 4.79 Å². The van der Waals surface area contributed by atoms with Crippen LogP contribution in [0.5, 0.6) is 5.75 Å². The SMILES string of the molecule is COc1ccc(N2CCN(c3cc(C(=O)N[C@H]4CCCC[C@H]4C)c4ccccc4n3)CC2)cc1. The fraction of sp³-hybridized carbons (Fsp3) is 0.429. The first kappa shape index (κ1) is 22.5. The van der Waals surface area contributed by atoms with Crippen LogP contribution in [-0.4, -0.2) is 50.2 Å². The summed E-state index contributed by atoms with van der Waals surface area (Å²) in [6, 6.07) is 18.5. The summed E-state index contributed by atoms with van der Waals surface area (Å²) in [4.78, 5) is 23.0. The summed E-state index contributed by atoms with van der Waals surface area (Å²) < 4.78 is 5.28. The van der Waals surface area contributed by atoms with Gasteiger partial charge < -0.3 is 19.9 Å². The monoisotopic (exact) mass is 458 g/mol. The molecule has 0 bridgehead atoms. The molecule has 6 nitrogen and oxygen atoms in total. The Balaban J connectivity index is 1.35. The van der Waals surface area contributed by atoms with E-state index in [0.29, 0.717) is 5.92 Å². The van der Waals surface area contributed by atoms with E-state index in [1.54, 1.807) is 7.11 Å². The van der Waals surface area contributed by atoms with E-state index in [1.807, 2.05) is 42.5 Å². The number of nitrogens with one attached hydrogen (secondary N) is 1. The average Bonchev–Trinajstić information content (AvgIpc) is 2.89. The Morgan fingerprint density at radius 2 is 1.68 bits per heavy atom. The van der Waals surface area contributed by atoms with Gasteiger partial charge in [-0.25, -0.2) is 4.98 Å². The van der Waals surface area contributed by atoms with Crippen LogP contribution in [0.1, 0.15) is 43.0 Å². The second-order valence-corrected chi connectivity index (χ2v) is 9.56. The summed E-state index contributed by atoms with van der Waals surface area (Å²) in [5.74, 6) is 2.30. The number of anilines is 2. The number of pyridine rings is 1. The molecule has 0 spiro atoms. The highest BCUT2D eigenvalue weighted by Crippen LogP contribution is 2.28. The zero-order valence-corrected chi connectivity index (χ0v) is 20.2. The number of hydrogen-bond donors (Lipinski definition) is 1. The van der Waals surface area contributed by atoms with Crippen molar-refractivity contribution in [3.63, 3.8) is 0 Å². The number of piperazine rings is 1. The highest BCUT2D eigenvalue weighted by Gasteiger charge is 2.25. The lowest BCUT2D eigenvalue weighted by Gasteiger charge is -2.37. The third-order valence-electron chi connectivity index (χ3n) is 7.42. The second kappa shape index (κ2) is 9.92. The molecule has 1 aromatic heterocycles. The predicted molar refractivity (Wildman–Crippen MR) is 138 cm³/mol. The van der Waals surface area contributed by atoms with Crippen molar-refractivity contribution in [2.45, 2.75) is 38.6 Å². The van der Waals surface area contributed by atoms with Crippen molar-refractivity contribution < 1.29 is 9.53 Å². The molecule has 6 heteroatoms. The molecular formula is C28H34N4O2. The standard InChI is InChI=1S/C28H34N4O2/c1-20-7-3-5-9-25(20)30-28(33)24-19-27(29-26-10-6-4-8-23(24)26)32-17-15-31(16-18-32)21-11-13-22(34-2)14-12-21/h4,6,8,10-14,19-20,25H,3,5,7,9,15-18H2,1-2H3,(H,30,33)/t20-,25+/m1/s1. The third kappa shape index (κ3) is 4.67. The molecule has 178 valence electrons. The van der Waals surface area contributed by atoms with E-state index in [9.17, 15) is 4.79 Å². The zero-order chi connectivity index (χ0) is 23.5. The molecule has 34 heavy (non-hydrogen) atoms. The quantitative estimate of drug-likeness (QED) is 0.591. The van der Waals surface area contributed by atoms with Gasteiger partial charge in [0, 0.05) is 43.3 Å². The summed E-state index contributed by atoms with van der Waals surface area (Å²) in [7, 11) is 1.69. The first-order chi connectivity index (χ1) is 16.6.